The standard InChI is InChI=1S/C21H18F7N3/c22-14-6-7-17(16(23)11-14)31-18(12-19(29-31)20(24,25)21(26,27)28)13-4-3-5-15(10-13)30-8-1-2-9-30/h3-7,10-11,18H,1-2,8-9,12H2. The second-order valence-corrected chi connectivity index (χ2v) is 7.57. The van der Waals surface area contributed by atoms with E-state index in [2.05, 4.69) is 10.0 Å². The third kappa shape index (κ3) is 3.95. The van der Waals surface area contributed by atoms with Crippen LogP contribution in [0.15, 0.2) is 47.6 Å². The second-order valence-electron chi connectivity index (χ2n) is 7.57. The Hall–Kier alpha value is -2.78. The highest BCUT2D eigenvalue weighted by Crippen LogP contribution is 2.45. The van der Waals surface area contributed by atoms with Crippen LogP contribution in [0, 0.1) is 11.6 Å². The molecule has 0 bridgehead atoms. The molecule has 0 spiro atoms. The Kier molecular flexibility index (Phi) is 5.35. The quantitative estimate of drug-likeness (QED) is 0.532. The molecule has 0 aromatic heterocycles. The van der Waals surface area contributed by atoms with Crippen molar-refractivity contribution in [3.63, 3.8) is 0 Å². The molecule has 10 heteroatoms. The van der Waals surface area contributed by atoms with Gasteiger partial charge in [0.25, 0.3) is 0 Å². The molecule has 2 aliphatic heterocycles. The van der Waals surface area contributed by atoms with Gasteiger partial charge in [-0.1, -0.05) is 12.1 Å². The predicted molar refractivity (Wildman–Crippen MR) is 103 cm³/mol. The number of hydrazone groups is 1. The molecule has 2 heterocycles. The van der Waals surface area contributed by atoms with Gasteiger partial charge < -0.3 is 4.90 Å². The summed E-state index contributed by atoms with van der Waals surface area (Å²) >= 11 is 0. The molecule has 4 rings (SSSR count). The minimum Gasteiger partial charge on any atom is -0.372 e. The molecule has 3 nitrogen and oxygen atoms in total. The van der Waals surface area contributed by atoms with E-state index in [1.165, 1.54) is 0 Å². The Bertz CT molecular complexity index is 997. The first-order valence-electron chi connectivity index (χ1n) is 9.69. The summed E-state index contributed by atoms with van der Waals surface area (Å²) in [6, 6.07) is 8.04. The molecular formula is C21H18F7N3. The van der Waals surface area contributed by atoms with Crippen molar-refractivity contribution in [2.45, 2.75) is 37.4 Å². The van der Waals surface area contributed by atoms with E-state index in [4.69, 9.17) is 0 Å². The molecule has 0 N–H and O–H groups in total. The molecule has 31 heavy (non-hydrogen) atoms. The lowest BCUT2D eigenvalue weighted by Crippen LogP contribution is -2.43. The number of hydrogen-bond donors (Lipinski definition) is 0. The van der Waals surface area contributed by atoms with Crippen molar-refractivity contribution in [2.75, 3.05) is 23.0 Å². The van der Waals surface area contributed by atoms with E-state index in [1.807, 2.05) is 6.07 Å². The highest BCUT2D eigenvalue weighted by molar-refractivity contribution is 5.95. The topological polar surface area (TPSA) is 18.8 Å². The number of halogens is 7. The van der Waals surface area contributed by atoms with Crippen LogP contribution in [-0.2, 0) is 0 Å². The number of alkyl halides is 5. The highest BCUT2D eigenvalue weighted by atomic mass is 19.4. The average molecular weight is 445 g/mol. The first-order valence-corrected chi connectivity index (χ1v) is 9.69. The van der Waals surface area contributed by atoms with Gasteiger partial charge in [-0.15, -0.1) is 0 Å². The number of benzene rings is 2. The Morgan fingerprint density at radius 3 is 2.26 bits per heavy atom. The summed E-state index contributed by atoms with van der Waals surface area (Å²) < 4.78 is 94.8. The normalized spacial score (nSPS) is 19.8. The monoisotopic (exact) mass is 445 g/mol. The van der Waals surface area contributed by atoms with Crippen molar-refractivity contribution in [3.05, 3.63) is 59.7 Å². The Balaban J connectivity index is 1.76. The van der Waals surface area contributed by atoms with Crippen LogP contribution in [0.3, 0.4) is 0 Å². The minimum absolute atomic E-state index is 0.383. The fraction of sp³-hybridized carbons (Fsp3) is 0.381. The van der Waals surface area contributed by atoms with Crippen LogP contribution in [-0.4, -0.2) is 30.9 Å². The summed E-state index contributed by atoms with van der Waals surface area (Å²) in [5.74, 6) is -7.19. The summed E-state index contributed by atoms with van der Waals surface area (Å²) in [6.45, 7) is 1.61. The molecule has 1 unspecified atom stereocenters. The van der Waals surface area contributed by atoms with E-state index in [-0.39, 0.29) is 5.69 Å². The molecule has 0 radical (unpaired) electrons. The largest absolute Gasteiger partial charge is 0.459 e. The molecule has 166 valence electrons. The van der Waals surface area contributed by atoms with Gasteiger partial charge in [-0.25, -0.2) is 8.78 Å². The average Bonchev–Trinajstić information content (AvgIpc) is 3.38. The molecule has 1 fully saturated rings. The van der Waals surface area contributed by atoms with Crippen LogP contribution in [0.5, 0.6) is 0 Å². The molecule has 1 atom stereocenters. The molecule has 0 amide bonds. The van der Waals surface area contributed by atoms with Crippen LogP contribution >= 0.6 is 0 Å². The molecule has 1 saturated heterocycles. The first-order chi connectivity index (χ1) is 14.6. The molecule has 0 saturated carbocycles. The second kappa shape index (κ2) is 7.72. The third-order valence-electron chi connectivity index (χ3n) is 5.51. The van der Waals surface area contributed by atoms with Gasteiger partial charge >= 0.3 is 12.1 Å². The minimum atomic E-state index is -5.84. The predicted octanol–water partition coefficient (Wildman–Crippen LogP) is 6.07. The summed E-state index contributed by atoms with van der Waals surface area (Å²) in [5.41, 5.74) is -0.596. The van der Waals surface area contributed by atoms with Gasteiger partial charge in [-0.05, 0) is 42.7 Å². The van der Waals surface area contributed by atoms with Crippen molar-refractivity contribution in [3.8, 4) is 0 Å². The molecule has 2 aromatic carbocycles. The number of hydrogen-bond acceptors (Lipinski definition) is 3. The number of nitrogens with zero attached hydrogens (tertiary/aromatic N) is 3. The Morgan fingerprint density at radius 2 is 1.61 bits per heavy atom. The van der Waals surface area contributed by atoms with E-state index >= 15 is 0 Å². The lowest BCUT2D eigenvalue weighted by atomic mass is 9.98. The maximum Gasteiger partial charge on any atom is 0.459 e. The van der Waals surface area contributed by atoms with Crippen LogP contribution < -0.4 is 9.91 Å². The van der Waals surface area contributed by atoms with Crippen LogP contribution in [0.1, 0.15) is 30.9 Å². The Morgan fingerprint density at radius 1 is 0.903 bits per heavy atom. The van der Waals surface area contributed by atoms with Crippen LogP contribution in [0.4, 0.5) is 42.1 Å². The van der Waals surface area contributed by atoms with E-state index in [1.54, 1.807) is 18.2 Å². The summed E-state index contributed by atoms with van der Waals surface area (Å²) in [4.78, 5) is 2.08. The van der Waals surface area contributed by atoms with Crippen molar-refractivity contribution >= 4 is 17.1 Å². The first kappa shape index (κ1) is 21.5. The molecule has 0 aliphatic carbocycles. The van der Waals surface area contributed by atoms with Crippen molar-refractivity contribution in [1.29, 1.82) is 0 Å². The molecule has 2 aliphatic rings. The lowest BCUT2D eigenvalue weighted by Gasteiger charge is -2.26. The van der Waals surface area contributed by atoms with Gasteiger partial charge in [0.2, 0.25) is 0 Å². The maximum absolute atomic E-state index is 14.4. The number of rotatable bonds is 4. The third-order valence-corrected chi connectivity index (χ3v) is 5.51. The summed E-state index contributed by atoms with van der Waals surface area (Å²) in [6.07, 6.45) is -4.62. The van der Waals surface area contributed by atoms with E-state index in [0.29, 0.717) is 11.6 Å². The van der Waals surface area contributed by atoms with Crippen molar-refractivity contribution < 1.29 is 30.7 Å². The fourth-order valence-electron chi connectivity index (χ4n) is 3.92. The van der Waals surface area contributed by atoms with Gasteiger partial charge in [0.15, 0.2) is 5.82 Å². The van der Waals surface area contributed by atoms with E-state index in [9.17, 15) is 30.7 Å². The van der Waals surface area contributed by atoms with Crippen molar-refractivity contribution in [1.82, 2.24) is 0 Å². The highest BCUT2D eigenvalue weighted by Gasteiger charge is 2.63. The fourth-order valence-corrected chi connectivity index (χ4v) is 3.92. The van der Waals surface area contributed by atoms with E-state index < -0.39 is 41.9 Å². The van der Waals surface area contributed by atoms with Crippen LogP contribution in [0.2, 0.25) is 0 Å². The van der Waals surface area contributed by atoms with E-state index in [0.717, 1.165) is 48.8 Å². The summed E-state index contributed by atoms with van der Waals surface area (Å²) in [7, 11) is 0. The SMILES string of the molecule is Fc1ccc(N2N=C(C(F)(F)C(F)(F)F)CC2c2cccc(N3CCCC3)c2)c(F)c1. The summed E-state index contributed by atoms with van der Waals surface area (Å²) in [5, 5.41) is 4.26. The zero-order valence-electron chi connectivity index (χ0n) is 16.1. The smallest absolute Gasteiger partial charge is 0.372 e. The van der Waals surface area contributed by atoms with Gasteiger partial charge in [-0.2, -0.15) is 27.1 Å². The number of anilines is 2. The van der Waals surface area contributed by atoms with Gasteiger partial charge in [0, 0.05) is 31.3 Å². The molecule has 2 aromatic rings. The lowest BCUT2D eigenvalue weighted by molar-refractivity contribution is -0.249. The zero-order valence-corrected chi connectivity index (χ0v) is 16.1. The van der Waals surface area contributed by atoms with Crippen molar-refractivity contribution in [2.24, 2.45) is 5.10 Å². The van der Waals surface area contributed by atoms with Gasteiger partial charge in [-0.3, -0.25) is 5.01 Å². The van der Waals surface area contributed by atoms with Crippen LogP contribution in [0.25, 0.3) is 0 Å². The maximum atomic E-state index is 14.4. The van der Waals surface area contributed by atoms with Gasteiger partial charge in [0.1, 0.15) is 11.5 Å². The Labute approximate surface area is 173 Å². The zero-order chi connectivity index (χ0) is 22.4. The van der Waals surface area contributed by atoms with Gasteiger partial charge in [0.05, 0.1) is 11.7 Å². The molecular weight excluding hydrogens is 427 g/mol.